The summed E-state index contributed by atoms with van der Waals surface area (Å²) in [6.07, 6.45) is 1.66. The van der Waals surface area contributed by atoms with Gasteiger partial charge in [-0.15, -0.1) is 11.3 Å². The van der Waals surface area contributed by atoms with Gasteiger partial charge in [0.05, 0.1) is 30.5 Å². The lowest BCUT2D eigenvalue weighted by atomic mass is 10.1. The van der Waals surface area contributed by atoms with Gasteiger partial charge in [0, 0.05) is 10.8 Å². The van der Waals surface area contributed by atoms with E-state index in [0.717, 1.165) is 5.39 Å². The molecule has 0 saturated heterocycles. The van der Waals surface area contributed by atoms with Gasteiger partial charge in [-0.25, -0.2) is 14.6 Å². The maximum absolute atomic E-state index is 12.5. The van der Waals surface area contributed by atoms with Crippen LogP contribution in [0.5, 0.6) is 11.5 Å². The number of carbonyl (C=O) groups is 1. The Balaban J connectivity index is 1.60. The van der Waals surface area contributed by atoms with Crippen molar-refractivity contribution >= 4 is 39.9 Å². The van der Waals surface area contributed by atoms with Crippen LogP contribution in [0, 0.1) is 11.3 Å². The monoisotopic (exact) mass is 488 g/mol. The van der Waals surface area contributed by atoms with Crippen LogP contribution < -0.4 is 15.1 Å². The zero-order chi connectivity index (χ0) is 24.8. The van der Waals surface area contributed by atoms with Crippen molar-refractivity contribution in [2.75, 3.05) is 20.3 Å². The molecule has 0 fully saturated rings. The summed E-state index contributed by atoms with van der Waals surface area (Å²) in [6, 6.07) is 16.2. The molecule has 0 unspecified atom stereocenters. The van der Waals surface area contributed by atoms with Crippen molar-refractivity contribution in [2.45, 2.75) is 6.92 Å². The van der Waals surface area contributed by atoms with Crippen molar-refractivity contribution in [3.05, 3.63) is 74.9 Å². The highest BCUT2D eigenvalue weighted by atomic mass is 32.1. The molecule has 0 atom stereocenters. The second kappa shape index (κ2) is 10.7. The molecule has 0 aliphatic carbocycles. The van der Waals surface area contributed by atoms with Crippen LogP contribution in [-0.4, -0.2) is 31.3 Å². The number of esters is 1. The predicted molar refractivity (Wildman–Crippen MR) is 132 cm³/mol. The van der Waals surface area contributed by atoms with E-state index in [-0.39, 0.29) is 13.2 Å². The molecule has 35 heavy (non-hydrogen) atoms. The van der Waals surface area contributed by atoms with Crippen LogP contribution in [0.3, 0.4) is 0 Å². The summed E-state index contributed by atoms with van der Waals surface area (Å²) in [6.45, 7) is 1.74. The summed E-state index contributed by atoms with van der Waals surface area (Å²) in [5, 5.41) is 12.7. The van der Waals surface area contributed by atoms with Crippen LogP contribution in [0.15, 0.2) is 63.1 Å². The molecule has 0 bridgehead atoms. The average Bonchev–Trinajstić information content (AvgIpc) is 3.35. The fourth-order valence-electron chi connectivity index (χ4n) is 3.30. The zero-order valence-electron chi connectivity index (χ0n) is 18.9. The van der Waals surface area contributed by atoms with E-state index in [1.807, 2.05) is 12.1 Å². The number of allylic oxidation sites excluding steroid dienone is 1. The number of thiazole rings is 1. The fourth-order valence-corrected chi connectivity index (χ4v) is 4.09. The van der Waals surface area contributed by atoms with Crippen molar-refractivity contribution in [3.8, 4) is 28.8 Å². The molecular formula is C26H20N2O6S. The molecule has 0 saturated carbocycles. The lowest BCUT2D eigenvalue weighted by Crippen LogP contribution is -2.14. The summed E-state index contributed by atoms with van der Waals surface area (Å²) in [7, 11) is 1.48. The van der Waals surface area contributed by atoms with Gasteiger partial charge in [-0.2, -0.15) is 5.26 Å². The third-order valence-electron chi connectivity index (χ3n) is 4.92. The number of rotatable bonds is 8. The smallest absolute Gasteiger partial charge is 0.345 e. The van der Waals surface area contributed by atoms with Gasteiger partial charge in [-0.1, -0.05) is 24.3 Å². The highest BCUT2D eigenvalue weighted by Gasteiger charge is 2.15. The van der Waals surface area contributed by atoms with E-state index < -0.39 is 11.6 Å². The molecule has 0 aliphatic heterocycles. The van der Waals surface area contributed by atoms with Gasteiger partial charge in [-0.3, -0.25) is 0 Å². The molecule has 4 aromatic rings. The zero-order valence-corrected chi connectivity index (χ0v) is 19.8. The van der Waals surface area contributed by atoms with Crippen molar-refractivity contribution in [1.82, 2.24) is 4.98 Å². The summed E-state index contributed by atoms with van der Waals surface area (Å²) in [4.78, 5) is 28.5. The number of benzene rings is 2. The van der Waals surface area contributed by atoms with Gasteiger partial charge in [0.2, 0.25) is 0 Å². The molecule has 2 heterocycles. The summed E-state index contributed by atoms with van der Waals surface area (Å²) < 4.78 is 21.1. The van der Waals surface area contributed by atoms with Crippen LogP contribution in [0.1, 0.15) is 17.5 Å². The summed E-state index contributed by atoms with van der Waals surface area (Å²) >= 11 is 1.25. The first-order valence-corrected chi connectivity index (χ1v) is 11.5. The maximum Gasteiger partial charge on any atom is 0.345 e. The van der Waals surface area contributed by atoms with Gasteiger partial charge >= 0.3 is 11.6 Å². The molecule has 4 rings (SSSR count). The first-order chi connectivity index (χ1) is 17.0. The van der Waals surface area contributed by atoms with Gasteiger partial charge in [0.15, 0.2) is 18.1 Å². The van der Waals surface area contributed by atoms with Gasteiger partial charge in [-0.05, 0) is 42.8 Å². The van der Waals surface area contributed by atoms with Gasteiger partial charge in [0.1, 0.15) is 16.7 Å². The van der Waals surface area contributed by atoms with Gasteiger partial charge < -0.3 is 18.6 Å². The number of nitriles is 1. The molecule has 2 aromatic carbocycles. The first kappa shape index (κ1) is 23.7. The Morgan fingerprint density at radius 2 is 2.03 bits per heavy atom. The molecule has 176 valence electrons. The van der Waals surface area contributed by atoms with E-state index in [0.29, 0.717) is 44.5 Å². The molecule has 8 nitrogen and oxygen atoms in total. The van der Waals surface area contributed by atoms with Crippen molar-refractivity contribution in [3.63, 3.8) is 0 Å². The second-order valence-corrected chi connectivity index (χ2v) is 8.06. The average molecular weight is 489 g/mol. The van der Waals surface area contributed by atoms with E-state index in [1.165, 1.54) is 18.4 Å². The van der Waals surface area contributed by atoms with Crippen LogP contribution in [-0.2, 0) is 9.53 Å². The first-order valence-electron chi connectivity index (χ1n) is 10.6. The highest BCUT2D eigenvalue weighted by Crippen LogP contribution is 2.31. The van der Waals surface area contributed by atoms with Crippen LogP contribution in [0.25, 0.3) is 33.9 Å². The second-order valence-electron chi connectivity index (χ2n) is 7.20. The fraction of sp³-hybridized carbons (Fsp3) is 0.154. The Hall–Kier alpha value is -4.42. The molecule has 2 aromatic heterocycles. The minimum absolute atomic E-state index is 0.243. The predicted octanol–water partition coefficient (Wildman–Crippen LogP) is 4.93. The normalized spacial score (nSPS) is 11.2. The maximum atomic E-state index is 12.5. The van der Waals surface area contributed by atoms with E-state index in [4.69, 9.17) is 18.6 Å². The van der Waals surface area contributed by atoms with Crippen LogP contribution in [0.4, 0.5) is 0 Å². The number of nitrogens with zero attached hydrogens (tertiary/aromatic N) is 2. The molecule has 0 radical (unpaired) electrons. The Kier molecular flexibility index (Phi) is 7.24. The molecule has 0 spiro atoms. The number of ether oxygens (including phenoxy) is 3. The number of para-hydroxylation sites is 1. The number of aromatic nitrogens is 1. The molecule has 0 aliphatic rings. The Morgan fingerprint density at radius 1 is 1.20 bits per heavy atom. The quantitative estimate of drug-likeness (QED) is 0.195. The van der Waals surface area contributed by atoms with Crippen molar-refractivity contribution in [1.29, 1.82) is 5.26 Å². The van der Waals surface area contributed by atoms with Crippen molar-refractivity contribution in [2.24, 2.45) is 0 Å². The molecule has 0 amide bonds. The van der Waals surface area contributed by atoms with Crippen LogP contribution in [0.2, 0.25) is 0 Å². The van der Waals surface area contributed by atoms with Crippen molar-refractivity contribution < 1.29 is 23.4 Å². The Morgan fingerprint density at radius 3 is 2.80 bits per heavy atom. The van der Waals surface area contributed by atoms with E-state index in [1.54, 1.807) is 54.8 Å². The van der Waals surface area contributed by atoms with Crippen LogP contribution >= 0.6 is 11.3 Å². The number of methoxy groups -OCH3 is 1. The largest absolute Gasteiger partial charge is 0.493 e. The SMILES string of the molecule is CCOC(=O)COc1ccc(C=C(C#N)c2nc(-c3cc4ccccc4oc3=O)cs2)cc1OC. The molecular weight excluding hydrogens is 468 g/mol. The van der Waals surface area contributed by atoms with Gasteiger partial charge in [0.25, 0.3) is 0 Å². The summed E-state index contributed by atoms with van der Waals surface area (Å²) in [5.74, 6) is 0.287. The molecule has 9 heteroatoms. The van der Waals surface area contributed by atoms with E-state index >= 15 is 0 Å². The van der Waals surface area contributed by atoms with E-state index in [2.05, 4.69) is 11.1 Å². The highest BCUT2D eigenvalue weighted by molar-refractivity contribution is 7.11. The lowest BCUT2D eigenvalue weighted by molar-refractivity contribution is -0.145. The Bertz CT molecular complexity index is 1510. The number of fused-ring (bicyclic) bond motifs is 1. The lowest BCUT2D eigenvalue weighted by Gasteiger charge is -2.11. The number of carbonyl (C=O) groups excluding carboxylic acids is 1. The van der Waals surface area contributed by atoms with E-state index in [9.17, 15) is 14.9 Å². The third-order valence-corrected chi connectivity index (χ3v) is 5.80. The Labute approximate surface area is 204 Å². The number of hydrogen-bond acceptors (Lipinski definition) is 9. The number of hydrogen-bond donors (Lipinski definition) is 0. The topological polar surface area (TPSA) is 112 Å². The minimum atomic E-state index is -0.494. The standard InChI is InChI=1S/C26H20N2O6S/c1-3-32-24(29)14-33-22-9-8-16(11-23(22)31-2)10-18(13-27)25-28-20(15-35-25)19-12-17-6-4-5-7-21(17)34-26(19)30/h4-12,15H,3,14H2,1-2H3. The summed E-state index contributed by atoms with van der Waals surface area (Å²) in [5.41, 5.74) is 1.75. The molecule has 0 N–H and O–H groups in total. The third kappa shape index (κ3) is 5.39. The minimum Gasteiger partial charge on any atom is -0.493 e.